The molecule has 94 valence electrons. The molecule has 1 aromatic rings. The van der Waals surface area contributed by atoms with E-state index in [1.165, 1.54) is 29.4 Å². The van der Waals surface area contributed by atoms with Gasteiger partial charge in [-0.2, -0.15) is 0 Å². The molecule has 0 aliphatic heterocycles. The predicted molar refractivity (Wildman–Crippen MR) is 80.4 cm³/mol. The van der Waals surface area contributed by atoms with Gasteiger partial charge in [0.25, 0.3) is 0 Å². The van der Waals surface area contributed by atoms with Crippen LogP contribution in [0.3, 0.4) is 0 Å². The highest BCUT2D eigenvalue weighted by atomic mass is 31.0. The van der Waals surface area contributed by atoms with Gasteiger partial charge in [0.2, 0.25) is 0 Å². The predicted octanol–water partition coefficient (Wildman–Crippen LogP) is 3.99. The van der Waals surface area contributed by atoms with Gasteiger partial charge in [-0.25, -0.2) is 0 Å². The van der Waals surface area contributed by atoms with Gasteiger partial charge in [0.05, 0.1) is 0 Å². The van der Waals surface area contributed by atoms with Crippen molar-refractivity contribution in [3.8, 4) is 0 Å². The van der Waals surface area contributed by atoms with Crippen LogP contribution in [-0.4, -0.2) is 23.4 Å². The third-order valence-corrected chi connectivity index (χ3v) is 3.54. The van der Waals surface area contributed by atoms with Gasteiger partial charge in [0.15, 0.2) is 0 Å². The zero-order valence-electron chi connectivity index (χ0n) is 11.3. The maximum absolute atomic E-state index is 3.85. The van der Waals surface area contributed by atoms with Crippen molar-refractivity contribution in [1.82, 2.24) is 4.90 Å². The van der Waals surface area contributed by atoms with Crippen molar-refractivity contribution in [3.63, 3.8) is 0 Å². The van der Waals surface area contributed by atoms with Gasteiger partial charge in [-0.15, -0.1) is 8.86 Å². The first-order chi connectivity index (χ1) is 8.24. The number of nitrogens with zero attached hydrogens (tertiary/aromatic N) is 1. The van der Waals surface area contributed by atoms with Crippen molar-refractivity contribution >= 4 is 14.3 Å². The molecule has 0 unspecified atom stereocenters. The van der Waals surface area contributed by atoms with Crippen molar-refractivity contribution in [2.75, 3.05) is 13.1 Å². The van der Waals surface area contributed by atoms with E-state index in [2.05, 4.69) is 58.8 Å². The van der Waals surface area contributed by atoms with E-state index in [0.717, 1.165) is 19.5 Å². The molecule has 0 amide bonds. The largest absolute Gasteiger partial charge is 0.271 e. The number of hydrogen-bond acceptors (Lipinski definition) is 0. The van der Waals surface area contributed by atoms with E-state index in [9.17, 15) is 0 Å². The van der Waals surface area contributed by atoms with Crippen LogP contribution < -0.4 is 0 Å². The molecule has 0 heterocycles. The van der Waals surface area contributed by atoms with Crippen molar-refractivity contribution in [3.05, 3.63) is 35.4 Å². The minimum Gasteiger partial charge on any atom is -0.271 e. The summed E-state index contributed by atoms with van der Waals surface area (Å²) >= 11 is 0. The monoisotopic (exact) mass is 249 g/mol. The maximum atomic E-state index is 3.85. The lowest BCUT2D eigenvalue weighted by atomic mass is 10.0. The van der Waals surface area contributed by atoms with Gasteiger partial charge in [0, 0.05) is 18.5 Å². The Hall–Kier alpha value is -0.650. The Labute approximate surface area is 108 Å². The summed E-state index contributed by atoms with van der Waals surface area (Å²) in [6.45, 7) is 8.90. The van der Waals surface area contributed by atoms with Crippen LogP contribution in [-0.2, 0) is 6.42 Å². The first-order valence-electron chi connectivity index (χ1n) is 6.66. The molecule has 0 spiro atoms. The summed E-state index contributed by atoms with van der Waals surface area (Å²) in [5.74, 6) is 0. The topological polar surface area (TPSA) is 3.24 Å². The molecule has 0 saturated heterocycles. The number of aryl methyl sites for hydroxylation is 1. The summed E-state index contributed by atoms with van der Waals surface area (Å²) in [6.07, 6.45) is 3.45. The molecule has 17 heavy (non-hydrogen) atoms. The standard InChI is InChI=1S/C15H24NP/c1-4-11-16(12-5-2)15(17)14-10-8-7-9-13(14)6-3/h7-10,17H,4-6,11-12H2,1-3H3. The zero-order valence-corrected chi connectivity index (χ0v) is 12.3. The third kappa shape index (κ3) is 3.94. The summed E-state index contributed by atoms with van der Waals surface area (Å²) in [5, 5.41) is 0. The Morgan fingerprint density at radius 1 is 1.06 bits per heavy atom. The van der Waals surface area contributed by atoms with E-state index in [1.807, 2.05) is 0 Å². The highest BCUT2D eigenvalue weighted by molar-refractivity contribution is 7.21. The summed E-state index contributed by atoms with van der Waals surface area (Å²) in [6, 6.07) is 8.65. The van der Waals surface area contributed by atoms with Crippen molar-refractivity contribution < 1.29 is 0 Å². The molecule has 0 radical (unpaired) electrons. The summed E-state index contributed by atoms with van der Waals surface area (Å²) in [4.78, 5) is 2.44. The van der Waals surface area contributed by atoms with Crippen molar-refractivity contribution in [2.45, 2.75) is 40.0 Å². The molecule has 0 fully saturated rings. The minimum absolute atomic E-state index is 1.08. The lowest BCUT2D eigenvalue weighted by molar-refractivity contribution is 0.424. The van der Waals surface area contributed by atoms with E-state index < -0.39 is 0 Å². The Morgan fingerprint density at radius 3 is 2.18 bits per heavy atom. The zero-order chi connectivity index (χ0) is 12.7. The van der Waals surface area contributed by atoms with Gasteiger partial charge in [-0.05, 0) is 30.4 Å². The van der Waals surface area contributed by atoms with Crippen molar-refractivity contribution in [2.24, 2.45) is 0 Å². The summed E-state index contributed by atoms with van der Waals surface area (Å²) in [5.41, 5.74) is 3.99. The lowest BCUT2D eigenvalue weighted by Crippen LogP contribution is -2.32. The lowest BCUT2D eigenvalue weighted by Gasteiger charge is -2.24. The van der Waals surface area contributed by atoms with Crippen molar-refractivity contribution in [1.29, 1.82) is 0 Å². The van der Waals surface area contributed by atoms with Gasteiger partial charge < -0.3 is 0 Å². The van der Waals surface area contributed by atoms with E-state index in [-0.39, 0.29) is 0 Å². The van der Waals surface area contributed by atoms with Gasteiger partial charge in [-0.1, -0.05) is 45.0 Å². The highest BCUT2D eigenvalue weighted by Gasteiger charge is 2.12. The van der Waals surface area contributed by atoms with Crippen LogP contribution in [0.4, 0.5) is 0 Å². The average molecular weight is 249 g/mol. The third-order valence-electron chi connectivity index (χ3n) is 2.96. The molecule has 0 aliphatic rings. The number of rotatable bonds is 7. The Kier molecular flexibility index (Phi) is 6.47. The fourth-order valence-corrected chi connectivity index (χ4v) is 2.57. The number of hydrogen-bond donors (Lipinski definition) is 0. The molecule has 0 bridgehead atoms. The summed E-state index contributed by atoms with van der Waals surface area (Å²) in [7, 11) is 3.85. The second-order valence-corrected chi connectivity index (χ2v) is 4.82. The van der Waals surface area contributed by atoms with E-state index in [1.54, 1.807) is 0 Å². The van der Waals surface area contributed by atoms with Crippen LogP contribution >= 0.6 is 8.86 Å². The summed E-state index contributed by atoms with van der Waals surface area (Å²) < 4.78 is 0. The second-order valence-electron chi connectivity index (χ2n) is 4.35. The van der Waals surface area contributed by atoms with Crippen LogP contribution in [0.2, 0.25) is 0 Å². The SMILES string of the molecule is CCCN(CCC)C(=P)c1ccccc1CC. The van der Waals surface area contributed by atoms with Gasteiger partial charge in [-0.3, -0.25) is 4.90 Å². The first kappa shape index (κ1) is 14.4. The van der Waals surface area contributed by atoms with Gasteiger partial charge in [0.1, 0.15) is 0 Å². The van der Waals surface area contributed by atoms with Crippen LogP contribution in [0, 0.1) is 0 Å². The quantitative estimate of drug-likeness (QED) is 0.660. The van der Waals surface area contributed by atoms with Crippen LogP contribution in [0.5, 0.6) is 0 Å². The number of benzene rings is 1. The minimum atomic E-state index is 1.08. The molecular weight excluding hydrogens is 225 g/mol. The Balaban J connectivity index is 2.92. The normalized spacial score (nSPS) is 10.8. The fraction of sp³-hybridized carbons (Fsp3) is 0.533. The van der Waals surface area contributed by atoms with Gasteiger partial charge >= 0.3 is 0 Å². The molecular formula is C15H24NP. The molecule has 1 nitrogen and oxygen atoms in total. The molecule has 0 atom stereocenters. The van der Waals surface area contributed by atoms with Crippen LogP contribution in [0.25, 0.3) is 0 Å². The molecule has 0 N–H and O–H groups in total. The maximum Gasteiger partial charge on any atom is 0.0449 e. The fourth-order valence-electron chi connectivity index (χ4n) is 2.11. The van der Waals surface area contributed by atoms with Crippen LogP contribution in [0.15, 0.2) is 24.3 Å². The molecule has 0 aliphatic carbocycles. The molecule has 1 aromatic carbocycles. The Morgan fingerprint density at radius 2 is 1.65 bits per heavy atom. The molecule has 1 rings (SSSR count). The van der Waals surface area contributed by atoms with E-state index >= 15 is 0 Å². The average Bonchev–Trinajstić information content (AvgIpc) is 2.37. The van der Waals surface area contributed by atoms with E-state index in [4.69, 9.17) is 0 Å². The van der Waals surface area contributed by atoms with E-state index in [0.29, 0.717) is 0 Å². The molecule has 2 heteroatoms. The smallest absolute Gasteiger partial charge is 0.0449 e. The Bertz CT molecular complexity index is 354. The second kappa shape index (κ2) is 7.63. The molecule has 0 aromatic heterocycles. The first-order valence-corrected chi connectivity index (χ1v) is 7.16. The highest BCUT2D eigenvalue weighted by Crippen LogP contribution is 2.15. The van der Waals surface area contributed by atoms with Crippen LogP contribution in [0.1, 0.15) is 44.7 Å². The molecule has 0 saturated carbocycles.